The Morgan fingerprint density at radius 1 is 1.12 bits per heavy atom. The molecule has 8 heteroatoms. The number of ketones is 1. The fourth-order valence-electron chi connectivity index (χ4n) is 1.90. The van der Waals surface area contributed by atoms with E-state index in [4.69, 9.17) is 11.6 Å². The molecule has 0 radical (unpaired) electrons. The predicted molar refractivity (Wildman–Crippen MR) is 82.2 cm³/mol. The zero-order valence-corrected chi connectivity index (χ0v) is 15.3. The number of nitro benzene ring substituents is 1. The second-order valence-electron chi connectivity index (χ2n) is 4.50. The number of carbonyl (C=O) groups excluding carboxylic acids is 2. The molecule has 0 saturated heterocycles. The zero-order valence-electron chi connectivity index (χ0n) is 12.6. The zero-order chi connectivity index (χ0) is 17.0. The van der Waals surface area contributed by atoms with Crippen molar-refractivity contribution in [2.24, 2.45) is 0 Å². The second-order valence-corrected chi connectivity index (χ2v) is 4.90. The average Bonchev–Trinajstić information content (AvgIpc) is 2.52. The minimum absolute atomic E-state index is 0. The van der Waals surface area contributed by atoms with Crippen molar-refractivity contribution in [2.45, 2.75) is 0 Å². The van der Waals surface area contributed by atoms with Gasteiger partial charge >= 0.3 is 29.6 Å². The van der Waals surface area contributed by atoms with Crippen molar-refractivity contribution in [2.75, 3.05) is 0 Å². The van der Waals surface area contributed by atoms with E-state index >= 15 is 0 Å². The van der Waals surface area contributed by atoms with Crippen molar-refractivity contribution < 1.29 is 49.2 Å². The molecule has 0 unspecified atom stereocenters. The van der Waals surface area contributed by atoms with E-state index in [1.54, 1.807) is 12.1 Å². The molecule has 0 aliphatic carbocycles. The fourth-order valence-corrected chi connectivity index (χ4v) is 2.15. The molecule has 0 bridgehead atoms. The molecule has 6 nitrogen and oxygen atoms in total. The van der Waals surface area contributed by atoms with Crippen LogP contribution in [0, 0.1) is 10.1 Å². The minimum Gasteiger partial charge on any atom is -0.545 e. The molecule has 116 valence electrons. The maximum Gasteiger partial charge on any atom is 1.00 e. The van der Waals surface area contributed by atoms with Gasteiger partial charge in [0.1, 0.15) is 5.02 Å². The molecule has 2 aromatic rings. The number of halogens is 1. The summed E-state index contributed by atoms with van der Waals surface area (Å²) in [7, 11) is 0. The fraction of sp³-hybridized carbons (Fsp3) is 0. The van der Waals surface area contributed by atoms with E-state index in [2.05, 4.69) is 0 Å². The topological polar surface area (TPSA) is 100 Å². The van der Waals surface area contributed by atoms with Crippen LogP contribution in [0.2, 0.25) is 5.02 Å². The summed E-state index contributed by atoms with van der Waals surface area (Å²) in [4.78, 5) is 33.1. The molecule has 0 amide bonds. The standard InChI is InChI=1S/C16H10ClNO5.Na/c17-13-9-11(5-7-14(13)18(22)23)15(19)8-6-10-3-1-2-4-12(10)16(20)21;/h1-9H,(H,20,21);/q;+1/p-1/b8-6+;. The first kappa shape index (κ1) is 20.1. The van der Waals surface area contributed by atoms with Gasteiger partial charge in [0.2, 0.25) is 0 Å². The molecule has 0 aromatic heterocycles. The largest absolute Gasteiger partial charge is 1.00 e. The Morgan fingerprint density at radius 2 is 1.79 bits per heavy atom. The van der Waals surface area contributed by atoms with E-state index in [1.807, 2.05) is 0 Å². The number of hydrogen-bond donors (Lipinski definition) is 0. The van der Waals surface area contributed by atoms with Gasteiger partial charge in [-0.2, -0.15) is 0 Å². The summed E-state index contributed by atoms with van der Waals surface area (Å²) in [5, 5.41) is 21.5. The first-order chi connectivity index (χ1) is 10.9. The Bertz CT molecular complexity index is 835. The van der Waals surface area contributed by atoms with Gasteiger partial charge in [-0.25, -0.2) is 0 Å². The van der Waals surface area contributed by atoms with Gasteiger partial charge in [0.05, 0.1) is 10.9 Å². The van der Waals surface area contributed by atoms with Crippen LogP contribution >= 0.6 is 11.6 Å². The van der Waals surface area contributed by atoms with Gasteiger partial charge < -0.3 is 9.90 Å². The van der Waals surface area contributed by atoms with Gasteiger partial charge in [0.25, 0.3) is 5.69 Å². The molecule has 0 heterocycles. The minimum atomic E-state index is -1.35. The van der Waals surface area contributed by atoms with Crippen LogP contribution in [0.15, 0.2) is 48.5 Å². The van der Waals surface area contributed by atoms with Crippen LogP contribution in [0.1, 0.15) is 26.3 Å². The third-order valence-corrected chi connectivity index (χ3v) is 3.33. The number of nitrogens with zero attached hydrogens (tertiary/aromatic N) is 1. The summed E-state index contributed by atoms with van der Waals surface area (Å²) in [5.74, 6) is -1.81. The first-order valence-electron chi connectivity index (χ1n) is 6.37. The van der Waals surface area contributed by atoms with E-state index in [1.165, 1.54) is 36.4 Å². The second kappa shape index (κ2) is 8.75. The summed E-state index contributed by atoms with van der Waals surface area (Å²) in [6.45, 7) is 0. The van der Waals surface area contributed by atoms with Crippen molar-refractivity contribution >= 4 is 35.1 Å². The van der Waals surface area contributed by atoms with Crippen LogP contribution in [0.25, 0.3) is 6.08 Å². The molecular weight excluding hydrogens is 345 g/mol. The van der Waals surface area contributed by atoms with Crippen LogP contribution in [0.5, 0.6) is 0 Å². The summed E-state index contributed by atoms with van der Waals surface area (Å²) < 4.78 is 0. The molecule has 0 aliphatic rings. The Labute approximate surface area is 164 Å². The number of hydrogen-bond acceptors (Lipinski definition) is 5. The summed E-state index contributed by atoms with van der Waals surface area (Å²) in [6.07, 6.45) is 2.50. The molecule has 2 rings (SSSR count). The molecule has 0 N–H and O–H groups in total. The summed E-state index contributed by atoms with van der Waals surface area (Å²) >= 11 is 5.75. The maximum absolute atomic E-state index is 12.1. The smallest absolute Gasteiger partial charge is 0.545 e. The van der Waals surface area contributed by atoms with E-state index in [0.29, 0.717) is 5.56 Å². The Morgan fingerprint density at radius 3 is 2.38 bits per heavy atom. The quantitative estimate of drug-likeness (QED) is 0.237. The Hall–Kier alpha value is -1.99. The van der Waals surface area contributed by atoms with Gasteiger partial charge in [0, 0.05) is 17.2 Å². The average molecular weight is 354 g/mol. The van der Waals surface area contributed by atoms with Crippen LogP contribution < -0.4 is 34.7 Å². The Balaban J connectivity index is 0.00000288. The molecule has 2 aromatic carbocycles. The van der Waals surface area contributed by atoms with Crippen molar-refractivity contribution in [1.29, 1.82) is 0 Å². The molecule has 0 spiro atoms. The van der Waals surface area contributed by atoms with E-state index in [9.17, 15) is 24.8 Å². The molecule has 24 heavy (non-hydrogen) atoms. The number of carbonyl (C=O) groups is 2. The molecule has 0 aliphatic heterocycles. The maximum atomic E-state index is 12.1. The van der Waals surface area contributed by atoms with Gasteiger partial charge in [-0.1, -0.05) is 41.9 Å². The number of benzene rings is 2. The number of aromatic carboxylic acids is 1. The van der Waals surface area contributed by atoms with Crippen molar-refractivity contribution in [3.63, 3.8) is 0 Å². The molecule has 0 fully saturated rings. The van der Waals surface area contributed by atoms with Gasteiger partial charge in [-0.3, -0.25) is 14.9 Å². The Kier molecular flexibility index (Phi) is 7.31. The van der Waals surface area contributed by atoms with E-state index in [0.717, 1.165) is 6.07 Å². The SMILES string of the molecule is O=C(/C=C/c1ccccc1C(=O)[O-])c1ccc([N+](=O)[O-])c(Cl)c1.[Na+]. The monoisotopic (exact) mass is 353 g/mol. The number of carboxylic acid groups (broad SMARTS) is 1. The number of rotatable bonds is 5. The van der Waals surface area contributed by atoms with Crippen LogP contribution in [0.4, 0.5) is 5.69 Å². The normalized spacial score (nSPS) is 10.2. The third-order valence-electron chi connectivity index (χ3n) is 3.02. The predicted octanol–water partition coefficient (Wildman–Crippen LogP) is -0.488. The number of nitro groups is 1. The van der Waals surface area contributed by atoms with Gasteiger partial charge in [0.15, 0.2) is 5.78 Å². The molecule has 0 atom stereocenters. The van der Waals surface area contributed by atoms with E-state index in [-0.39, 0.29) is 51.4 Å². The van der Waals surface area contributed by atoms with Crippen molar-refractivity contribution in [3.8, 4) is 0 Å². The molecule has 0 saturated carbocycles. The van der Waals surface area contributed by atoms with Gasteiger partial charge in [-0.15, -0.1) is 0 Å². The first-order valence-corrected chi connectivity index (χ1v) is 6.74. The van der Waals surface area contributed by atoms with Crippen molar-refractivity contribution in [3.05, 3.63) is 80.4 Å². The summed E-state index contributed by atoms with van der Waals surface area (Å²) in [6, 6.07) is 9.66. The third kappa shape index (κ3) is 4.75. The molecular formula is C16H9ClNNaO5. The van der Waals surface area contributed by atoms with Gasteiger partial charge in [-0.05, 0) is 23.8 Å². The van der Waals surface area contributed by atoms with Crippen LogP contribution in [0.3, 0.4) is 0 Å². The van der Waals surface area contributed by atoms with Crippen LogP contribution in [-0.2, 0) is 0 Å². The van der Waals surface area contributed by atoms with E-state index < -0.39 is 16.7 Å². The number of carboxylic acids is 1. The van der Waals surface area contributed by atoms with Crippen molar-refractivity contribution in [1.82, 2.24) is 0 Å². The van der Waals surface area contributed by atoms with Crippen LogP contribution in [-0.4, -0.2) is 16.7 Å². The summed E-state index contributed by atoms with van der Waals surface area (Å²) in [5.41, 5.74) is 0.129. The number of allylic oxidation sites excluding steroid dienone is 1.